The van der Waals surface area contributed by atoms with Gasteiger partial charge in [-0.15, -0.1) is 0 Å². The average molecular weight is 482 g/mol. The minimum absolute atomic E-state index is 0.0284. The quantitative estimate of drug-likeness (QED) is 0.356. The number of hydrogen-bond donors (Lipinski definition) is 1. The predicted molar refractivity (Wildman–Crippen MR) is 123 cm³/mol. The van der Waals surface area contributed by atoms with Crippen LogP contribution >= 0.6 is 30.5 Å². The maximum Gasteiger partial charge on any atom is 0.416 e. The Kier molecular flexibility index (Phi) is 7.32. The number of rotatable bonds is 6. The van der Waals surface area contributed by atoms with Crippen LogP contribution in [0.1, 0.15) is 16.7 Å². The van der Waals surface area contributed by atoms with E-state index >= 15 is 0 Å². The number of benzene rings is 3. The first-order valence-electron chi connectivity index (χ1n) is 9.09. The second-order valence-corrected chi connectivity index (χ2v) is 9.56. The van der Waals surface area contributed by atoms with Crippen molar-refractivity contribution in [2.24, 2.45) is 0 Å². The second-order valence-electron chi connectivity index (χ2n) is 6.59. The summed E-state index contributed by atoms with van der Waals surface area (Å²) >= 11 is 12.8. The third kappa shape index (κ3) is 6.51. The van der Waals surface area contributed by atoms with Crippen LogP contribution in [0.15, 0.2) is 96.6 Å². The third-order valence-corrected chi connectivity index (χ3v) is 7.05. The van der Waals surface area contributed by atoms with E-state index in [-0.39, 0.29) is 15.8 Å². The van der Waals surface area contributed by atoms with Crippen LogP contribution in [0.3, 0.4) is 0 Å². The highest BCUT2D eigenvalue weighted by Gasteiger charge is 2.31. The molecule has 0 radical (unpaired) electrons. The van der Waals surface area contributed by atoms with Crippen LogP contribution in [-0.4, -0.2) is 0 Å². The van der Waals surface area contributed by atoms with Gasteiger partial charge in [0.25, 0.3) is 0 Å². The summed E-state index contributed by atoms with van der Waals surface area (Å²) in [6.07, 6.45) is -4.53. The lowest BCUT2D eigenvalue weighted by atomic mass is 10.2. The van der Waals surface area contributed by atoms with E-state index in [0.717, 1.165) is 12.1 Å². The Morgan fingerprint density at radius 2 is 1.26 bits per heavy atom. The van der Waals surface area contributed by atoms with Crippen molar-refractivity contribution >= 4 is 46.2 Å². The van der Waals surface area contributed by atoms with Crippen LogP contribution in [0.4, 0.5) is 18.9 Å². The molecule has 0 aliphatic carbocycles. The molecule has 1 unspecified atom stereocenters. The van der Waals surface area contributed by atoms with E-state index in [1.54, 1.807) is 60.7 Å². The van der Waals surface area contributed by atoms with E-state index in [1.807, 2.05) is 0 Å². The Morgan fingerprint density at radius 3 is 1.71 bits per heavy atom. The molecule has 2 nitrogen and oxygen atoms in total. The molecule has 0 fully saturated rings. The summed E-state index contributed by atoms with van der Waals surface area (Å²) in [5.74, 6) is 2.57. The highest BCUT2D eigenvalue weighted by molar-refractivity contribution is 7.72. The van der Waals surface area contributed by atoms with Crippen molar-refractivity contribution in [1.29, 1.82) is 0 Å². The van der Waals surface area contributed by atoms with Crippen LogP contribution in [0, 0.1) is 0 Å². The van der Waals surface area contributed by atoms with Gasteiger partial charge in [0.1, 0.15) is 0 Å². The summed E-state index contributed by atoms with van der Waals surface area (Å²) < 4.78 is 53.1. The minimum atomic E-state index is -4.53. The van der Waals surface area contributed by atoms with Crippen molar-refractivity contribution in [3.63, 3.8) is 0 Å². The molecule has 1 atom stereocenters. The fraction of sp³-hybridized carbons (Fsp3) is 0.0435. The number of halogens is 5. The second kappa shape index (κ2) is 9.78. The maximum absolute atomic E-state index is 13.8. The van der Waals surface area contributed by atoms with E-state index in [1.165, 1.54) is 23.8 Å². The normalized spacial score (nSPS) is 14.7. The molecule has 0 bridgehead atoms. The lowest BCUT2D eigenvalue weighted by Crippen LogP contribution is -2.05. The lowest BCUT2D eigenvalue weighted by molar-refractivity contribution is -0.137. The Hall–Kier alpha value is -2.46. The smallest absolute Gasteiger partial charge is 0.330 e. The van der Waals surface area contributed by atoms with Gasteiger partial charge >= 0.3 is 6.18 Å². The standard InChI is InChI=1S/C23H17Cl2F3NOP/c24-21(17-8-3-1-4-9-17)15-31(30,16-22(25)18-10-5-2-6-11-18)29-20-13-7-12-19(14-20)23(26,27)28/h1-16H,(H,29,30)/b21-15+,22-16?. The van der Waals surface area contributed by atoms with Crippen molar-refractivity contribution in [2.45, 2.75) is 6.18 Å². The van der Waals surface area contributed by atoms with Crippen molar-refractivity contribution in [3.8, 4) is 0 Å². The van der Waals surface area contributed by atoms with Crippen molar-refractivity contribution in [1.82, 2.24) is 0 Å². The van der Waals surface area contributed by atoms with Gasteiger partial charge in [0, 0.05) is 17.3 Å². The zero-order valence-corrected chi connectivity index (χ0v) is 18.4. The fourth-order valence-corrected chi connectivity index (χ4v) is 5.59. The summed E-state index contributed by atoms with van der Waals surface area (Å²) in [5, 5.41) is 3.06. The molecule has 160 valence electrons. The van der Waals surface area contributed by atoms with Crippen LogP contribution in [0.2, 0.25) is 0 Å². The molecule has 0 amide bonds. The largest absolute Gasteiger partial charge is 0.416 e. The van der Waals surface area contributed by atoms with Crippen LogP contribution < -0.4 is 5.09 Å². The fourth-order valence-electron chi connectivity index (χ4n) is 2.75. The van der Waals surface area contributed by atoms with Gasteiger partial charge in [0.05, 0.1) is 15.6 Å². The number of nitrogens with one attached hydrogen (secondary N) is 1. The van der Waals surface area contributed by atoms with Gasteiger partial charge in [0.2, 0.25) is 7.29 Å². The highest BCUT2D eigenvalue weighted by atomic mass is 35.5. The topological polar surface area (TPSA) is 29.1 Å². The van der Waals surface area contributed by atoms with Crippen molar-refractivity contribution < 1.29 is 17.7 Å². The van der Waals surface area contributed by atoms with Gasteiger partial charge < -0.3 is 5.09 Å². The number of alkyl halides is 3. The molecule has 0 saturated heterocycles. The van der Waals surface area contributed by atoms with Crippen LogP contribution in [0.25, 0.3) is 10.1 Å². The lowest BCUT2D eigenvalue weighted by Gasteiger charge is -2.17. The molecule has 3 aromatic rings. The summed E-state index contributed by atoms with van der Waals surface area (Å²) in [6.45, 7) is 0. The Morgan fingerprint density at radius 1 is 0.774 bits per heavy atom. The Balaban J connectivity index is 2.05. The SMILES string of the molecule is O=P(C=C(Cl)c1ccccc1)(/C=C(/Cl)c1ccccc1)Nc1cccc(C(F)(F)F)c1. The third-order valence-electron chi connectivity index (χ3n) is 4.20. The molecule has 8 heteroatoms. The summed E-state index contributed by atoms with van der Waals surface area (Å²) in [6, 6.07) is 22.1. The van der Waals surface area contributed by atoms with E-state index < -0.39 is 19.0 Å². The average Bonchev–Trinajstić information content (AvgIpc) is 2.74. The monoisotopic (exact) mass is 481 g/mol. The van der Waals surface area contributed by atoms with Crippen LogP contribution in [0.5, 0.6) is 0 Å². The molecule has 0 aliphatic heterocycles. The molecular formula is C23H17Cl2F3NOP. The molecule has 0 aliphatic rings. The number of hydrogen-bond acceptors (Lipinski definition) is 1. The van der Waals surface area contributed by atoms with E-state index in [2.05, 4.69) is 5.09 Å². The van der Waals surface area contributed by atoms with Gasteiger partial charge in [-0.3, -0.25) is 4.57 Å². The molecular weight excluding hydrogens is 465 g/mol. The van der Waals surface area contributed by atoms with Gasteiger partial charge in [0.15, 0.2) is 0 Å². The van der Waals surface area contributed by atoms with Gasteiger partial charge in [-0.1, -0.05) is 89.9 Å². The first-order valence-corrected chi connectivity index (χ1v) is 11.7. The number of anilines is 1. The van der Waals surface area contributed by atoms with E-state index in [0.29, 0.717) is 11.1 Å². The zero-order chi connectivity index (χ0) is 22.5. The van der Waals surface area contributed by atoms with Gasteiger partial charge in [-0.05, 0) is 29.3 Å². The highest BCUT2D eigenvalue weighted by Crippen LogP contribution is 2.53. The van der Waals surface area contributed by atoms with Crippen molar-refractivity contribution in [3.05, 3.63) is 113 Å². The molecule has 0 aromatic heterocycles. The van der Waals surface area contributed by atoms with Gasteiger partial charge in [-0.2, -0.15) is 13.2 Å². The zero-order valence-electron chi connectivity index (χ0n) is 16.0. The summed E-state index contributed by atoms with van der Waals surface area (Å²) in [5.41, 5.74) is 0.389. The molecule has 0 spiro atoms. The molecule has 0 heterocycles. The summed E-state index contributed by atoms with van der Waals surface area (Å²) in [7, 11) is -3.66. The molecule has 3 aromatic carbocycles. The first kappa shape index (κ1) is 23.2. The summed E-state index contributed by atoms with van der Waals surface area (Å²) in [4.78, 5) is 0. The van der Waals surface area contributed by atoms with Crippen molar-refractivity contribution in [2.75, 3.05) is 5.09 Å². The van der Waals surface area contributed by atoms with Gasteiger partial charge in [-0.25, -0.2) is 0 Å². The molecule has 3 rings (SSSR count). The van der Waals surface area contributed by atoms with E-state index in [9.17, 15) is 17.7 Å². The maximum atomic E-state index is 13.8. The Bertz CT molecular complexity index is 1090. The predicted octanol–water partition coefficient (Wildman–Crippen LogP) is 8.87. The Labute approximate surface area is 188 Å². The van der Waals surface area contributed by atoms with E-state index in [4.69, 9.17) is 23.2 Å². The minimum Gasteiger partial charge on any atom is -0.330 e. The molecule has 0 saturated carbocycles. The molecule has 1 N–H and O–H groups in total. The van der Waals surface area contributed by atoms with Crippen LogP contribution in [-0.2, 0) is 10.7 Å². The first-order chi connectivity index (χ1) is 14.7. The molecule has 31 heavy (non-hydrogen) atoms.